The largest absolute Gasteiger partial charge is 0.631 e. The van der Waals surface area contributed by atoms with Crippen LogP contribution in [0.25, 0.3) is 10.8 Å². The van der Waals surface area contributed by atoms with Crippen LogP contribution in [0, 0.1) is 0 Å². The number of carbonyl (C=O) groups excluding carboxylic acids is 2. The molecule has 1 aliphatic heterocycles. The Balaban J connectivity index is 0.000000297. The van der Waals surface area contributed by atoms with Crippen molar-refractivity contribution in [1.29, 1.82) is 0 Å². The zero-order chi connectivity index (χ0) is 14.0. The minimum Gasteiger partial charge on any atom is -0.402 e. The Bertz CT molecular complexity index is 600. The van der Waals surface area contributed by atoms with Gasteiger partial charge in [-0.25, -0.2) is 9.59 Å². The van der Waals surface area contributed by atoms with Gasteiger partial charge in [0.1, 0.15) is 0 Å². The number of benzene rings is 2. The average Bonchev–Trinajstić information content (AvgIpc) is 2.35. The van der Waals surface area contributed by atoms with Crippen molar-refractivity contribution < 1.29 is 29.4 Å². The van der Waals surface area contributed by atoms with Gasteiger partial charge in [0.2, 0.25) is 0 Å². The van der Waals surface area contributed by atoms with Gasteiger partial charge in [-0.3, -0.25) is 0 Å². The van der Waals surface area contributed by atoms with E-state index in [1.165, 1.54) is 0 Å². The Hall–Kier alpha value is -2.22. The molecule has 19 heavy (non-hydrogen) atoms. The highest BCUT2D eigenvalue weighted by Crippen LogP contribution is 2.28. The molecule has 0 saturated carbocycles. The molecule has 0 saturated heterocycles. The first-order valence-corrected chi connectivity index (χ1v) is 5.33. The Morgan fingerprint density at radius 1 is 0.842 bits per heavy atom. The van der Waals surface area contributed by atoms with Gasteiger partial charge in [0.15, 0.2) is 0 Å². The fourth-order valence-corrected chi connectivity index (χ4v) is 1.88. The predicted octanol–water partition coefficient (Wildman–Crippen LogP) is 0.0986. The van der Waals surface area contributed by atoms with Crippen molar-refractivity contribution in [3.8, 4) is 0 Å². The summed E-state index contributed by atoms with van der Waals surface area (Å²) in [6.07, 6.45) is 0. The van der Waals surface area contributed by atoms with E-state index in [1.54, 1.807) is 24.3 Å². The second kappa shape index (κ2) is 5.19. The molecular formula is C12H9BO6. The number of cyclic esters (lactones) is 2. The molecular weight excluding hydrogens is 251 g/mol. The maximum Gasteiger partial charge on any atom is 0.631 e. The summed E-state index contributed by atoms with van der Waals surface area (Å²) in [5.74, 6) is -1.13. The van der Waals surface area contributed by atoms with E-state index < -0.39 is 19.3 Å². The van der Waals surface area contributed by atoms with Crippen LogP contribution in [-0.4, -0.2) is 34.3 Å². The van der Waals surface area contributed by atoms with Crippen LogP contribution in [-0.2, 0) is 4.74 Å². The van der Waals surface area contributed by atoms with E-state index in [0.717, 1.165) is 5.39 Å². The first kappa shape index (κ1) is 13.2. The van der Waals surface area contributed by atoms with Gasteiger partial charge in [-0.1, -0.05) is 24.3 Å². The van der Waals surface area contributed by atoms with Crippen molar-refractivity contribution in [1.82, 2.24) is 0 Å². The summed E-state index contributed by atoms with van der Waals surface area (Å²) in [4.78, 5) is 22.9. The van der Waals surface area contributed by atoms with Gasteiger partial charge >= 0.3 is 19.3 Å². The van der Waals surface area contributed by atoms with E-state index >= 15 is 0 Å². The summed E-state index contributed by atoms with van der Waals surface area (Å²) >= 11 is 0. The Morgan fingerprint density at radius 2 is 1.26 bits per heavy atom. The molecule has 2 aromatic carbocycles. The molecule has 0 aliphatic carbocycles. The highest BCUT2D eigenvalue weighted by atomic mass is 16.6. The van der Waals surface area contributed by atoms with Crippen LogP contribution < -0.4 is 0 Å². The first-order chi connectivity index (χ1) is 9.00. The summed E-state index contributed by atoms with van der Waals surface area (Å²) in [6.45, 7) is 0. The number of ether oxygens (including phenoxy) is 1. The van der Waals surface area contributed by atoms with Gasteiger partial charge in [-0.05, 0) is 17.5 Å². The summed E-state index contributed by atoms with van der Waals surface area (Å²) < 4.78 is 4.63. The highest BCUT2D eigenvalue weighted by molar-refractivity contribution is 6.30. The summed E-state index contributed by atoms with van der Waals surface area (Å²) in [6, 6.07) is 10.6. The third-order valence-corrected chi connectivity index (χ3v) is 2.53. The quantitative estimate of drug-likeness (QED) is 0.352. The van der Waals surface area contributed by atoms with Gasteiger partial charge in [0.25, 0.3) is 0 Å². The molecule has 3 rings (SSSR count). The molecule has 1 aliphatic rings. The minimum atomic E-state index is -2.17. The van der Waals surface area contributed by atoms with Gasteiger partial charge < -0.3 is 19.8 Å². The molecule has 96 valence electrons. The van der Waals surface area contributed by atoms with E-state index in [1.807, 2.05) is 12.1 Å². The lowest BCUT2D eigenvalue weighted by Gasteiger charge is -2.14. The maximum atomic E-state index is 11.4. The summed E-state index contributed by atoms with van der Waals surface area (Å²) in [7, 11) is -2.17. The van der Waals surface area contributed by atoms with Crippen molar-refractivity contribution in [2.75, 3.05) is 0 Å². The van der Waals surface area contributed by atoms with Crippen LogP contribution in [0.3, 0.4) is 0 Å². The standard InChI is InChI=1S/C12H6O3.BH3O3/c13-11-8-5-1-3-7-4-2-6-9(10(7)8)12(14)15-11;2-1(3)4/h1-6H;2-4H. The van der Waals surface area contributed by atoms with Crippen molar-refractivity contribution in [2.24, 2.45) is 0 Å². The van der Waals surface area contributed by atoms with E-state index in [2.05, 4.69) is 4.74 Å². The second-order valence-corrected chi connectivity index (χ2v) is 3.73. The lowest BCUT2D eigenvalue weighted by Crippen LogP contribution is -2.19. The first-order valence-electron chi connectivity index (χ1n) is 5.33. The normalized spacial score (nSPS) is 12.6. The third kappa shape index (κ3) is 2.63. The molecule has 2 aromatic rings. The van der Waals surface area contributed by atoms with Crippen molar-refractivity contribution in [3.63, 3.8) is 0 Å². The van der Waals surface area contributed by atoms with Crippen LogP contribution in [0.2, 0.25) is 0 Å². The average molecular weight is 260 g/mol. The lowest BCUT2D eigenvalue weighted by atomic mass is 9.97. The van der Waals surface area contributed by atoms with Crippen molar-refractivity contribution in [3.05, 3.63) is 47.5 Å². The molecule has 0 bridgehead atoms. The molecule has 6 nitrogen and oxygen atoms in total. The van der Waals surface area contributed by atoms with Gasteiger partial charge in [0, 0.05) is 5.39 Å². The van der Waals surface area contributed by atoms with E-state index in [-0.39, 0.29) is 0 Å². The molecule has 1 heterocycles. The molecule has 3 N–H and O–H groups in total. The SMILES string of the molecule is O=C1OC(=O)c2cccc3cccc1c23.OB(O)O. The third-order valence-electron chi connectivity index (χ3n) is 2.53. The molecule has 0 spiro atoms. The van der Waals surface area contributed by atoms with Crippen molar-refractivity contribution >= 4 is 30.0 Å². The molecule has 0 radical (unpaired) electrons. The van der Waals surface area contributed by atoms with E-state index in [9.17, 15) is 9.59 Å². The Morgan fingerprint density at radius 3 is 1.68 bits per heavy atom. The van der Waals surface area contributed by atoms with Gasteiger partial charge in [0.05, 0.1) is 11.1 Å². The smallest absolute Gasteiger partial charge is 0.402 e. The minimum absolute atomic E-state index is 0.461. The summed E-state index contributed by atoms with van der Waals surface area (Å²) in [5, 5.41) is 23.1. The fourth-order valence-electron chi connectivity index (χ4n) is 1.88. The summed E-state index contributed by atoms with van der Waals surface area (Å²) in [5.41, 5.74) is 0.922. The topological polar surface area (TPSA) is 104 Å². The zero-order valence-electron chi connectivity index (χ0n) is 9.61. The molecule has 0 amide bonds. The number of hydrogen-bond donors (Lipinski definition) is 3. The van der Waals surface area contributed by atoms with Crippen LogP contribution in [0.15, 0.2) is 36.4 Å². The van der Waals surface area contributed by atoms with Gasteiger partial charge in [-0.15, -0.1) is 0 Å². The monoisotopic (exact) mass is 260 g/mol. The van der Waals surface area contributed by atoms with Gasteiger partial charge in [-0.2, -0.15) is 0 Å². The maximum absolute atomic E-state index is 11.4. The number of hydrogen-bond acceptors (Lipinski definition) is 6. The van der Waals surface area contributed by atoms with Crippen molar-refractivity contribution in [2.45, 2.75) is 0 Å². The number of carbonyl (C=O) groups is 2. The molecule has 0 fully saturated rings. The Labute approximate surface area is 108 Å². The second-order valence-electron chi connectivity index (χ2n) is 3.73. The number of esters is 2. The number of rotatable bonds is 0. The van der Waals surface area contributed by atoms with Crippen LogP contribution in [0.1, 0.15) is 20.7 Å². The van der Waals surface area contributed by atoms with Crippen LogP contribution >= 0.6 is 0 Å². The molecule has 0 unspecified atom stereocenters. The Kier molecular flexibility index (Phi) is 3.61. The van der Waals surface area contributed by atoms with E-state index in [4.69, 9.17) is 15.1 Å². The molecule has 0 atom stereocenters. The molecule has 0 aromatic heterocycles. The highest BCUT2D eigenvalue weighted by Gasteiger charge is 2.26. The lowest BCUT2D eigenvalue weighted by molar-refractivity contribution is 0.0391. The zero-order valence-corrected chi connectivity index (χ0v) is 9.61. The van der Waals surface area contributed by atoms with E-state index in [0.29, 0.717) is 16.5 Å². The van der Waals surface area contributed by atoms with Crippen LogP contribution in [0.4, 0.5) is 0 Å². The molecule has 7 heteroatoms. The predicted molar refractivity (Wildman–Crippen MR) is 66.1 cm³/mol. The van der Waals surface area contributed by atoms with Crippen LogP contribution in [0.5, 0.6) is 0 Å². The fraction of sp³-hybridized carbons (Fsp3) is 0.